The third kappa shape index (κ3) is 6.94. The molecule has 0 saturated carbocycles. The molecule has 9 heteroatoms. The van der Waals surface area contributed by atoms with Gasteiger partial charge in [-0.2, -0.15) is 5.10 Å². The molecule has 0 bridgehead atoms. The molecular formula is C24H26ClN3O4S. The highest BCUT2D eigenvalue weighted by molar-refractivity contribution is 7.13. The van der Waals surface area contributed by atoms with Gasteiger partial charge in [0.25, 0.3) is 0 Å². The number of thiazole rings is 1. The van der Waals surface area contributed by atoms with Gasteiger partial charge in [-0.1, -0.05) is 11.6 Å². The van der Waals surface area contributed by atoms with Crippen molar-refractivity contribution in [2.75, 3.05) is 19.1 Å². The molecule has 0 saturated heterocycles. The minimum Gasteiger partial charge on any atom is -0.496 e. The Bertz CT molecular complexity index is 1120. The second-order valence-electron chi connectivity index (χ2n) is 7.23. The Hall–Kier alpha value is -3.10. The summed E-state index contributed by atoms with van der Waals surface area (Å²) in [6, 6.07) is 9.56. The molecule has 1 N–H and O–H groups in total. The summed E-state index contributed by atoms with van der Waals surface area (Å²) in [6.45, 7) is 6.37. The van der Waals surface area contributed by atoms with E-state index in [9.17, 15) is 4.79 Å². The van der Waals surface area contributed by atoms with Crippen LogP contribution in [-0.2, 0) is 22.6 Å². The number of aryl methyl sites for hydroxylation is 2. The highest BCUT2D eigenvalue weighted by atomic mass is 35.5. The maximum Gasteiger partial charge on any atom is 0.311 e. The first-order chi connectivity index (χ1) is 15.9. The van der Waals surface area contributed by atoms with Crippen LogP contribution in [0.4, 0.5) is 5.13 Å². The summed E-state index contributed by atoms with van der Waals surface area (Å²) in [7, 11) is 1.63. The van der Waals surface area contributed by atoms with Gasteiger partial charge in [-0.05, 0) is 67.8 Å². The molecule has 0 aliphatic carbocycles. The lowest BCUT2D eigenvalue weighted by Gasteiger charge is -2.13. The van der Waals surface area contributed by atoms with E-state index >= 15 is 0 Å². The van der Waals surface area contributed by atoms with Gasteiger partial charge in [-0.25, -0.2) is 4.98 Å². The van der Waals surface area contributed by atoms with Gasteiger partial charge in [0.2, 0.25) is 5.13 Å². The molecule has 7 nitrogen and oxygen atoms in total. The van der Waals surface area contributed by atoms with E-state index in [4.69, 9.17) is 25.8 Å². The van der Waals surface area contributed by atoms with Gasteiger partial charge in [-0.3, -0.25) is 10.2 Å². The predicted molar refractivity (Wildman–Crippen MR) is 132 cm³/mol. The van der Waals surface area contributed by atoms with Crippen molar-refractivity contribution in [2.24, 2.45) is 5.10 Å². The van der Waals surface area contributed by atoms with Crippen molar-refractivity contribution >= 4 is 40.3 Å². The molecular weight excluding hydrogens is 462 g/mol. The van der Waals surface area contributed by atoms with Crippen LogP contribution in [0.1, 0.15) is 34.9 Å². The van der Waals surface area contributed by atoms with Gasteiger partial charge >= 0.3 is 5.97 Å². The van der Waals surface area contributed by atoms with Crippen molar-refractivity contribution in [1.29, 1.82) is 0 Å². The maximum absolute atomic E-state index is 11.6. The molecule has 0 amide bonds. The first-order valence-electron chi connectivity index (χ1n) is 10.3. The predicted octanol–water partition coefficient (Wildman–Crippen LogP) is 5.55. The van der Waals surface area contributed by atoms with Crippen LogP contribution in [0.2, 0.25) is 5.02 Å². The topological polar surface area (TPSA) is 82.0 Å². The van der Waals surface area contributed by atoms with Crippen molar-refractivity contribution in [3.05, 3.63) is 68.7 Å². The van der Waals surface area contributed by atoms with Crippen molar-refractivity contribution in [1.82, 2.24) is 4.98 Å². The molecule has 2 aromatic carbocycles. The highest BCUT2D eigenvalue weighted by Crippen LogP contribution is 2.28. The van der Waals surface area contributed by atoms with Crippen LogP contribution in [0.15, 0.2) is 40.8 Å². The van der Waals surface area contributed by atoms with Crippen LogP contribution in [-0.4, -0.2) is 30.9 Å². The zero-order valence-electron chi connectivity index (χ0n) is 19.0. The quantitative estimate of drug-likeness (QED) is 0.229. The van der Waals surface area contributed by atoms with Crippen LogP contribution in [0.3, 0.4) is 0 Å². The molecule has 0 aliphatic heterocycles. The van der Waals surface area contributed by atoms with Crippen molar-refractivity contribution < 1.29 is 19.0 Å². The molecule has 0 fully saturated rings. The first-order valence-corrected chi connectivity index (χ1v) is 11.6. The SMILES string of the molecule is CCOC(=O)Cc1csc(NN=Cc2ccc(OC)c(COc3cc(C)c(Cl)c(C)c3)c2)n1. The molecule has 1 heterocycles. The third-order valence-corrected chi connectivity index (χ3v) is 6.06. The molecule has 3 rings (SSSR count). The zero-order chi connectivity index (χ0) is 23.8. The molecule has 0 radical (unpaired) electrons. The van der Waals surface area contributed by atoms with E-state index in [1.807, 2.05) is 44.2 Å². The molecule has 0 atom stereocenters. The number of methoxy groups -OCH3 is 1. The Morgan fingerprint density at radius 2 is 2.00 bits per heavy atom. The number of halogens is 1. The number of anilines is 1. The lowest BCUT2D eigenvalue weighted by molar-refractivity contribution is -0.142. The number of aromatic nitrogens is 1. The second-order valence-corrected chi connectivity index (χ2v) is 8.46. The van der Waals surface area contributed by atoms with Crippen LogP contribution < -0.4 is 14.9 Å². The van der Waals surface area contributed by atoms with Gasteiger partial charge in [-0.15, -0.1) is 11.3 Å². The lowest BCUT2D eigenvalue weighted by atomic mass is 10.1. The summed E-state index contributed by atoms with van der Waals surface area (Å²) in [5, 5.41) is 7.39. The number of esters is 1. The summed E-state index contributed by atoms with van der Waals surface area (Å²) >= 11 is 7.61. The Morgan fingerprint density at radius 1 is 1.24 bits per heavy atom. The highest BCUT2D eigenvalue weighted by Gasteiger charge is 2.09. The second kappa shape index (κ2) is 11.7. The van der Waals surface area contributed by atoms with Crippen molar-refractivity contribution in [2.45, 2.75) is 33.8 Å². The molecule has 0 unspecified atom stereocenters. The molecule has 0 spiro atoms. The Labute approximate surface area is 202 Å². The van der Waals surface area contributed by atoms with E-state index in [1.165, 1.54) is 11.3 Å². The fourth-order valence-corrected chi connectivity index (χ4v) is 3.87. The minimum absolute atomic E-state index is 0.143. The van der Waals surface area contributed by atoms with Crippen LogP contribution in [0.5, 0.6) is 11.5 Å². The fourth-order valence-electron chi connectivity index (χ4n) is 3.10. The molecule has 1 aromatic heterocycles. The summed E-state index contributed by atoms with van der Waals surface area (Å²) in [4.78, 5) is 15.9. The number of rotatable bonds is 10. The van der Waals surface area contributed by atoms with E-state index in [0.717, 1.165) is 38.8 Å². The summed E-state index contributed by atoms with van der Waals surface area (Å²) < 4.78 is 16.4. The van der Waals surface area contributed by atoms with E-state index in [1.54, 1.807) is 25.6 Å². The normalized spacial score (nSPS) is 10.9. The van der Waals surface area contributed by atoms with Crippen LogP contribution in [0.25, 0.3) is 0 Å². The van der Waals surface area contributed by atoms with E-state index in [0.29, 0.717) is 24.0 Å². The lowest BCUT2D eigenvalue weighted by Crippen LogP contribution is -2.07. The third-order valence-electron chi connectivity index (χ3n) is 4.67. The molecule has 33 heavy (non-hydrogen) atoms. The van der Waals surface area contributed by atoms with Gasteiger partial charge in [0.05, 0.1) is 32.0 Å². The zero-order valence-corrected chi connectivity index (χ0v) is 20.5. The number of hydrogen-bond acceptors (Lipinski definition) is 8. The van der Waals surface area contributed by atoms with E-state index in [2.05, 4.69) is 15.5 Å². The number of hydrazone groups is 1. The maximum atomic E-state index is 11.6. The molecule has 3 aromatic rings. The summed E-state index contributed by atoms with van der Waals surface area (Å²) in [5.41, 5.74) is 7.24. The minimum atomic E-state index is -0.297. The number of carbonyl (C=O) groups excluding carboxylic acids is 1. The number of hydrogen-bond donors (Lipinski definition) is 1. The number of benzene rings is 2. The fraction of sp³-hybridized carbons (Fsp3) is 0.292. The van der Waals surface area contributed by atoms with Crippen molar-refractivity contribution in [3.63, 3.8) is 0 Å². The Balaban J connectivity index is 1.64. The monoisotopic (exact) mass is 487 g/mol. The number of ether oxygens (including phenoxy) is 3. The average Bonchev–Trinajstić information content (AvgIpc) is 3.23. The van der Waals surface area contributed by atoms with Gasteiger partial charge in [0.1, 0.15) is 18.1 Å². The van der Waals surface area contributed by atoms with E-state index < -0.39 is 0 Å². The summed E-state index contributed by atoms with van der Waals surface area (Å²) in [6.07, 6.45) is 1.83. The van der Waals surface area contributed by atoms with Crippen molar-refractivity contribution in [3.8, 4) is 11.5 Å². The number of nitrogens with zero attached hydrogens (tertiary/aromatic N) is 2. The average molecular weight is 488 g/mol. The van der Waals surface area contributed by atoms with Gasteiger partial charge < -0.3 is 14.2 Å². The molecule has 174 valence electrons. The largest absolute Gasteiger partial charge is 0.496 e. The van der Waals surface area contributed by atoms with E-state index in [-0.39, 0.29) is 12.4 Å². The Morgan fingerprint density at radius 3 is 2.70 bits per heavy atom. The Kier molecular flexibility index (Phi) is 8.68. The van der Waals surface area contributed by atoms with Crippen LogP contribution >= 0.6 is 22.9 Å². The molecule has 0 aliphatic rings. The number of nitrogens with one attached hydrogen (secondary N) is 1. The van der Waals surface area contributed by atoms with Gasteiger partial charge in [0.15, 0.2) is 0 Å². The smallest absolute Gasteiger partial charge is 0.311 e. The first kappa shape index (κ1) is 24.5. The number of carbonyl (C=O) groups is 1. The standard InChI is InChI=1S/C24H26ClN3O4S/c1-5-31-22(29)11-19-14-33-24(27-19)28-26-12-17-6-7-21(30-4)18(10-17)13-32-20-8-15(2)23(25)16(3)9-20/h6-10,12,14H,5,11,13H2,1-4H3,(H,27,28). The van der Waals surface area contributed by atoms with Crippen LogP contribution in [0, 0.1) is 13.8 Å². The summed E-state index contributed by atoms with van der Waals surface area (Å²) in [5.74, 6) is 1.18. The van der Waals surface area contributed by atoms with Gasteiger partial charge in [0, 0.05) is 16.0 Å².